The molecule has 220 valence electrons. The number of oxazole rings is 1. The third-order valence-electron chi connectivity index (χ3n) is 7.16. The second-order valence-corrected chi connectivity index (χ2v) is 11.6. The van der Waals surface area contributed by atoms with Crippen LogP contribution in [-0.2, 0) is 12.2 Å². The molecule has 0 bridgehead atoms. The average molecular weight is 636 g/mol. The fourth-order valence-corrected chi connectivity index (χ4v) is 6.09. The number of methoxy groups -OCH3 is 1. The molecule has 1 amide bonds. The van der Waals surface area contributed by atoms with Crippen molar-refractivity contribution < 1.29 is 13.9 Å². The predicted octanol–water partition coefficient (Wildman–Crippen LogP) is 6.42. The van der Waals surface area contributed by atoms with Gasteiger partial charge in [-0.1, -0.05) is 77.4 Å². The van der Waals surface area contributed by atoms with Crippen LogP contribution in [0.4, 0.5) is 5.69 Å². The number of nitrogens with zero attached hydrogens (tertiary/aromatic N) is 6. The van der Waals surface area contributed by atoms with Crippen LogP contribution in [-0.4, -0.2) is 63.8 Å². The monoisotopic (exact) mass is 634 g/mol. The minimum atomic E-state index is -0.149. The van der Waals surface area contributed by atoms with E-state index in [4.69, 9.17) is 32.4 Å². The maximum atomic E-state index is 13.2. The van der Waals surface area contributed by atoms with Gasteiger partial charge in [-0.25, -0.2) is 4.98 Å². The third kappa shape index (κ3) is 6.51. The second-order valence-electron chi connectivity index (χ2n) is 9.86. The summed E-state index contributed by atoms with van der Waals surface area (Å²) in [6.07, 6.45) is 2.01. The van der Waals surface area contributed by atoms with Crippen LogP contribution in [0.1, 0.15) is 27.8 Å². The number of halogens is 2. The highest BCUT2D eigenvalue weighted by molar-refractivity contribution is 7.98. The lowest BCUT2D eigenvalue weighted by Crippen LogP contribution is -2.49. The maximum absolute atomic E-state index is 13.2. The minimum Gasteiger partial charge on any atom is -0.495 e. The van der Waals surface area contributed by atoms with Crippen LogP contribution in [0.2, 0.25) is 10.0 Å². The number of carbonyl (C=O) groups excluding carboxylic acids is 1. The van der Waals surface area contributed by atoms with Crippen LogP contribution in [0.25, 0.3) is 5.69 Å². The Hall–Kier alpha value is -3.99. The van der Waals surface area contributed by atoms with Gasteiger partial charge in [-0.05, 0) is 35.9 Å². The SMILES string of the molecule is COc1ccccc1N1CCN(C(=O)c2coc(CSc3nnc(Cc4ccccc4)n3-c3ccc(Cl)c(Cl)c3)n2)CC1. The molecule has 6 rings (SSSR count). The van der Waals surface area contributed by atoms with Crippen LogP contribution in [0.3, 0.4) is 0 Å². The summed E-state index contributed by atoms with van der Waals surface area (Å²) in [6, 6.07) is 23.4. The Morgan fingerprint density at radius 1 is 0.953 bits per heavy atom. The van der Waals surface area contributed by atoms with E-state index >= 15 is 0 Å². The molecule has 0 saturated carbocycles. The fourth-order valence-electron chi connectivity index (χ4n) is 4.98. The van der Waals surface area contributed by atoms with Crippen LogP contribution in [0, 0.1) is 0 Å². The molecule has 0 atom stereocenters. The molecule has 43 heavy (non-hydrogen) atoms. The Morgan fingerprint density at radius 3 is 2.49 bits per heavy atom. The van der Waals surface area contributed by atoms with E-state index in [0.717, 1.165) is 28.5 Å². The van der Waals surface area contributed by atoms with Crippen molar-refractivity contribution in [1.82, 2.24) is 24.6 Å². The Bertz CT molecular complexity index is 1720. The molecular weight excluding hydrogens is 607 g/mol. The topological polar surface area (TPSA) is 89.5 Å². The number of amides is 1. The number of benzene rings is 3. The smallest absolute Gasteiger partial charge is 0.275 e. The van der Waals surface area contributed by atoms with Crippen molar-refractivity contribution in [2.45, 2.75) is 17.3 Å². The summed E-state index contributed by atoms with van der Waals surface area (Å²) in [5.41, 5.74) is 3.21. The van der Waals surface area contributed by atoms with Gasteiger partial charge in [-0.15, -0.1) is 10.2 Å². The molecule has 0 N–H and O–H groups in total. The van der Waals surface area contributed by atoms with Gasteiger partial charge in [0.05, 0.1) is 34.3 Å². The zero-order chi connectivity index (χ0) is 29.8. The van der Waals surface area contributed by atoms with Crippen molar-refractivity contribution in [3.8, 4) is 11.4 Å². The highest BCUT2D eigenvalue weighted by atomic mass is 35.5. The molecule has 1 aliphatic heterocycles. The molecular formula is C31H28Cl2N6O3S. The number of thioether (sulfide) groups is 1. The summed E-state index contributed by atoms with van der Waals surface area (Å²) in [5.74, 6) is 2.21. The number of piperazine rings is 1. The molecule has 12 heteroatoms. The lowest BCUT2D eigenvalue weighted by molar-refractivity contribution is 0.0740. The number of hydrogen-bond acceptors (Lipinski definition) is 8. The fraction of sp³-hybridized carbons (Fsp3) is 0.226. The Labute approximate surface area is 263 Å². The number of rotatable bonds is 9. The van der Waals surface area contributed by atoms with E-state index < -0.39 is 0 Å². The van der Waals surface area contributed by atoms with Gasteiger partial charge in [0.15, 0.2) is 10.9 Å². The summed E-state index contributed by atoms with van der Waals surface area (Å²) >= 11 is 14.0. The van der Waals surface area contributed by atoms with Gasteiger partial charge in [0, 0.05) is 32.6 Å². The van der Waals surface area contributed by atoms with Crippen LogP contribution in [0.5, 0.6) is 5.75 Å². The summed E-state index contributed by atoms with van der Waals surface area (Å²) in [4.78, 5) is 21.8. The van der Waals surface area contributed by atoms with Crippen molar-refractivity contribution in [3.05, 3.63) is 112 Å². The molecule has 0 aliphatic carbocycles. The molecule has 9 nitrogen and oxygen atoms in total. The normalized spacial score (nSPS) is 13.4. The Kier molecular flexibility index (Phi) is 8.87. The van der Waals surface area contributed by atoms with Crippen LogP contribution < -0.4 is 9.64 Å². The summed E-state index contributed by atoms with van der Waals surface area (Å²) in [5, 5.41) is 10.5. The van der Waals surface area contributed by atoms with Crippen molar-refractivity contribution in [3.63, 3.8) is 0 Å². The Morgan fingerprint density at radius 2 is 1.72 bits per heavy atom. The molecule has 5 aromatic rings. The predicted molar refractivity (Wildman–Crippen MR) is 168 cm³/mol. The van der Waals surface area contributed by atoms with Gasteiger partial charge in [0.2, 0.25) is 5.89 Å². The third-order valence-corrected chi connectivity index (χ3v) is 8.81. The molecule has 0 spiro atoms. The van der Waals surface area contributed by atoms with Crippen LogP contribution >= 0.6 is 35.0 Å². The first-order valence-electron chi connectivity index (χ1n) is 13.7. The highest BCUT2D eigenvalue weighted by Gasteiger charge is 2.26. The lowest BCUT2D eigenvalue weighted by Gasteiger charge is -2.36. The van der Waals surface area contributed by atoms with E-state index in [-0.39, 0.29) is 11.6 Å². The van der Waals surface area contributed by atoms with Crippen molar-refractivity contribution in [1.29, 1.82) is 0 Å². The minimum absolute atomic E-state index is 0.149. The van der Waals surface area contributed by atoms with Gasteiger partial charge >= 0.3 is 0 Å². The first kappa shape index (κ1) is 29.1. The number of para-hydroxylation sites is 2. The highest BCUT2D eigenvalue weighted by Crippen LogP contribution is 2.31. The molecule has 1 aliphatic rings. The van der Waals surface area contributed by atoms with Gasteiger partial charge in [-0.2, -0.15) is 0 Å². The maximum Gasteiger partial charge on any atom is 0.275 e. The lowest BCUT2D eigenvalue weighted by atomic mass is 10.1. The van der Waals surface area contributed by atoms with Crippen molar-refractivity contribution >= 4 is 46.6 Å². The van der Waals surface area contributed by atoms with Gasteiger partial charge < -0.3 is 19.0 Å². The van der Waals surface area contributed by atoms with E-state index in [2.05, 4.69) is 20.1 Å². The van der Waals surface area contributed by atoms with Gasteiger partial charge in [0.1, 0.15) is 17.8 Å². The van der Waals surface area contributed by atoms with Crippen molar-refractivity contribution in [2.75, 3.05) is 38.2 Å². The summed E-state index contributed by atoms with van der Waals surface area (Å²) in [7, 11) is 1.67. The van der Waals surface area contributed by atoms with E-state index in [1.807, 2.05) is 65.2 Å². The number of ether oxygens (including phenoxy) is 1. The average Bonchev–Trinajstić information content (AvgIpc) is 3.69. The van der Waals surface area contributed by atoms with Crippen LogP contribution in [0.15, 0.2) is 88.6 Å². The standard InChI is InChI=1S/C31H28Cl2N6O3S/c1-41-27-10-6-5-9-26(27)37-13-15-38(16-14-37)30(40)25-19-42-29(34-25)20-43-31-36-35-28(17-21-7-3-2-4-8-21)39(31)22-11-12-23(32)24(33)18-22/h2-12,18-19H,13-17,20H2,1H3. The molecule has 2 aromatic heterocycles. The van der Waals surface area contributed by atoms with Gasteiger partial charge in [0.25, 0.3) is 5.91 Å². The van der Waals surface area contributed by atoms with E-state index in [1.54, 1.807) is 24.1 Å². The Balaban J connectivity index is 1.13. The quantitative estimate of drug-likeness (QED) is 0.172. The zero-order valence-electron chi connectivity index (χ0n) is 23.3. The molecule has 3 heterocycles. The first-order valence-corrected chi connectivity index (χ1v) is 15.4. The number of carbonyl (C=O) groups is 1. The first-order chi connectivity index (χ1) is 21.0. The molecule has 0 radical (unpaired) electrons. The zero-order valence-corrected chi connectivity index (χ0v) is 25.6. The van der Waals surface area contributed by atoms with E-state index in [1.165, 1.54) is 18.0 Å². The van der Waals surface area contributed by atoms with E-state index in [9.17, 15) is 4.79 Å². The number of aromatic nitrogens is 4. The summed E-state index contributed by atoms with van der Waals surface area (Å²) in [6.45, 7) is 2.54. The van der Waals surface area contributed by atoms with E-state index in [0.29, 0.717) is 59.4 Å². The van der Waals surface area contributed by atoms with Gasteiger partial charge in [-0.3, -0.25) is 9.36 Å². The largest absolute Gasteiger partial charge is 0.495 e. The molecule has 3 aromatic carbocycles. The summed E-state index contributed by atoms with van der Waals surface area (Å²) < 4.78 is 13.2. The molecule has 0 unspecified atom stereocenters. The number of anilines is 1. The molecule has 1 saturated heterocycles. The van der Waals surface area contributed by atoms with Crippen molar-refractivity contribution in [2.24, 2.45) is 0 Å². The number of hydrogen-bond donors (Lipinski definition) is 0. The molecule has 1 fully saturated rings. The second kappa shape index (κ2) is 13.1.